The van der Waals surface area contributed by atoms with Crippen LogP contribution in [-0.2, 0) is 0 Å². The molecule has 0 radical (unpaired) electrons. The summed E-state index contributed by atoms with van der Waals surface area (Å²) < 4.78 is 0. The van der Waals surface area contributed by atoms with E-state index in [0.29, 0.717) is 16.0 Å². The second kappa shape index (κ2) is 4.78. The van der Waals surface area contributed by atoms with Crippen LogP contribution in [0.1, 0.15) is 53.9 Å². The lowest BCUT2D eigenvalue weighted by molar-refractivity contribution is 0.0591. The normalized spacial score (nSPS) is 22.1. The van der Waals surface area contributed by atoms with Gasteiger partial charge >= 0.3 is 4.87 Å². The zero-order valence-corrected chi connectivity index (χ0v) is 12.1. The van der Waals surface area contributed by atoms with Crippen LogP contribution in [0.2, 0.25) is 0 Å². The highest BCUT2D eigenvalue weighted by molar-refractivity contribution is 7.11. The molecule has 1 aromatic rings. The standard InChI is InChI=1S/C14H20N2O2S/c1-10-11(19-13(18)15-10)12(17)16-8-6-14(7-9-16)4-2-3-5-14/h2-9H2,1H3,(H,15,18). The first-order valence-electron chi connectivity index (χ1n) is 7.09. The Bertz CT molecular complexity index is 530. The van der Waals surface area contributed by atoms with Crippen molar-refractivity contribution in [3.05, 3.63) is 20.2 Å². The Labute approximate surface area is 116 Å². The minimum atomic E-state index is -0.134. The molecule has 4 nitrogen and oxygen atoms in total. The summed E-state index contributed by atoms with van der Waals surface area (Å²) in [6.07, 6.45) is 7.66. The van der Waals surface area contributed by atoms with E-state index in [4.69, 9.17) is 0 Å². The summed E-state index contributed by atoms with van der Waals surface area (Å²) in [5.41, 5.74) is 1.23. The first kappa shape index (κ1) is 12.9. The van der Waals surface area contributed by atoms with Gasteiger partial charge in [-0.25, -0.2) is 0 Å². The van der Waals surface area contributed by atoms with Crippen molar-refractivity contribution in [3.8, 4) is 0 Å². The predicted molar refractivity (Wildman–Crippen MR) is 75.7 cm³/mol. The number of rotatable bonds is 1. The number of aromatic amines is 1. The number of hydrogen-bond acceptors (Lipinski definition) is 3. The van der Waals surface area contributed by atoms with Crippen LogP contribution in [0.25, 0.3) is 0 Å². The molecule has 5 heteroatoms. The van der Waals surface area contributed by atoms with Gasteiger partial charge < -0.3 is 9.88 Å². The van der Waals surface area contributed by atoms with Gasteiger partial charge in [-0.2, -0.15) is 0 Å². The molecule has 0 aromatic carbocycles. The van der Waals surface area contributed by atoms with Gasteiger partial charge in [0.25, 0.3) is 5.91 Å². The summed E-state index contributed by atoms with van der Waals surface area (Å²) >= 11 is 1.04. The maximum absolute atomic E-state index is 12.4. The third kappa shape index (κ3) is 2.36. The van der Waals surface area contributed by atoms with Crippen molar-refractivity contribution in [1.29, 1.82) is 0 Å². The number of amides is 1. The number of thiazole rings is 1. The monoisotopic (exact) mass is 280 g/mol. The number of likely N-dealkylation sites (tertiary alicyclic amines) is 1. The molecule has 1 N–H and O–H groups in total. The molecule has 3 rings (SSSR count). The molecule has 1 aromatic heterocycles. The third-order valence-corrected chi connectivity index (χ3v) is 5.77. The molecule has 19 heavy (non-hydrogen) atoms. The smallest absolute Gasteiger partial charge is 0.305 e. The van der Waals surface area contributed by atoms with E-state index < -0.39 is 0 Å². The van der Waals surface area contributed by atoms with Crippen molar-refractivity contribution in [3.63, 3.8) is 0 Å². The molecule has 1 aliphatic heterocycles. The Kier molecular flexibility index (Phi) is 3.25. The maximum Gasteiger partial charge on any atom is 0.305 e. The summed E-state index contributed by atoms with van der Waals surface area (Å²) in [4.78, 5) is 28.8. The molecule has 104 valence electrons. The van der Waals surface area contributed by atoms with Gasteiger partial charge in [0.1, 0.15) is 4.88 Å². The van der Waals surface area contributed by atoms with Crippen molar-refractivity contribution in [2.45, 2.75) is 45.4 Å². The van der Waals surface area contributed by atoms with Gasteiger partial charge in [-0.05, 0) is 38.0 Å². The average molecular weight is 280 g/mol. The minimum Gasteiger partial charge on any atom is -0.338 e. The minimum absolute atomic E-state index is 0.0358. The topological polar surface area (TPSA) is 53.2 Å². The van der Waals surface area contributed by atoms with Crippen LogP contribution < -0.4 is 4.87 Å². The van der Waals surface area contributed by atoms with Gasteiger partial charge in [0, 0.05) is 18.8 Å². The number of aromatic nitrogens is 1. The van der Waals surface area contributed by atoms with E-state index in [1.54, 1.807) is 6.92 Å². The lowest BCUT2D eigenvalue weighted by Gasteiger charge is -2.39. The van der Waals surface area contributed by atoms with Gasteiger partial charge in [-0.1, -0.05) is 24.2 Å². The van der Waals surface area contributed by atoms with Crippen LogP contribution >= 0.6 is 11.3 Å². The number of aryl methyl sites for hydroxylation is 1. The van der Waals surface area contributed by atoms with Gasteiger partial charge in [-0.15, -0.1) is 0 Å². The molecule has 0 atom stereocenters. The van der Waals surface area contributed by atoms with Crippen LogP contribution in [-0.4, -0.2) is 28.9 Å². The first-order valence-corrected chi connectivity index (χ1v) is 7.90. The van der Waals surface area contributed by atoms with Crippen molar-refractivity contribution in [2.24, 2.45) is 5.41 Å². The van der Waals surface area contributed by atoms with E-state index in [1.165, 1.54) is 25.7 Å². The number of carbonyl (C=O) groups is 1. The fourth-order valence-electron chi connectivity index (χ4n) is 3.56. The van der Waals surface area contributed by atoms with Crippen molar-refractivity contribution in [2.75, 3.05) is 13.1 Å². The Morgan fingerprint density at radius 3 is 2.37 bits per heavy atom. The fourth-order valence-corrected chi connectivity index (χ4v) is 4.37. The first-order chi connectivity index (χ1) is 9.10. The molecular formula is C14H20N2O2S. The van der Waals surface area contributed by atoms with Crippen LogP contribution in [0.3, 0.4) is 0 Å². The summed E-state index contributed by atoms with van der Waals surface area (Å²) in [6.45, 7) is 3.50. The van der Waals surface area contributed by atoms with E-state index in [9.17, 15) is 9.59 Å². The molecule has 0 unspecified atom stereocenters. The van der Waals surface area contributed by atoms with Gasteiger partial charge in [-0.3, -0.25) is 9.59 Å². The molecule has 1 amide bonds. The number of hydrogen-bond donors (Lipinski definition) is 1. The number of H-pyrrole nitrogens is 1. The summed E-state index contributed by atoms with van der Waals surface area (Å²) in [5, 5.41) is 0. The van der Waals surface area contributed by atoms with Crippen molar-refractivity contribution < 1.29 is 4.79 Å². The molecule has 2 fully saturated rings. The van der Waals surface area contributed by atoms with Crippen LogP contribution in [0.4, 0.5) is 0 Å². The lowest BCUT2D eigenvalue weighted by atomic mass is 9.77. The van der Waals surface area contributed by atoms with Gasteiger partial charge in [0.15, 0.2) is 0 Å². The van der Waals surface area contributed by atoms with Gasteiger partial charge in [0.05, 0.1) is 0 Å². The van der Waals surface area contributed by atoms with E-state index in [1.807, 2.05) is 4.90 Å². The van der Waals surface area contributed by atoms with Crippen LogP contribution in [0, 0.1) is 12.3 Å². The third-order valence-electron chi connectivity index (χ3n) is 4.79. The number of carbonyl (C=O) groups excluding carboxylic acids is 1. The highest BCUT2D eigenvalue weighted by atomic mass is 32.1. The summed E-state index contributed by atoms with van der Waals surface area (Å²) in [7, 11) is 0. The van der Waals surface area contributed by atoms with Crippen LogP contribution in [0.5, 0.6) is 0 Å². The lowest BCUT2D eigenvalue weighted by Crippen LogP contribution is -2.42. The molecule has 1 saturated heterocycles. The van der Waals surface area contributed by atoms with E-state index in [-0.39, 0.29) is 10.8 Å². The van der Waals surface area contributed by atoms with Gasteiger partial charge in [0.2, 0.25) is 0 Å². The maximum atomic E-state index is 12.4. The van der Waals surface area contributed by atoms with E-state index in [2.05, 4.69) is 4.98 Å². The Morgan fingerprint density at radius 1 is 1.21 bits per heavy atom. The van der Waals surface area contributed by atoms with Crippen molar-refractivity contribution >= 4 is 17.2 Å². The summed E-state index contributed by atoms with van der Waals surface area (Å²) in [5.74, 6) is 0.0358. The van der Waals surface area contributed by atoms with E-state index >= 15 is 0 Å². The Morgan fingerprint density at radius 2 is 1.84 bits per heavy atom. The predicted octanol–water partition coefficient (Wildman–Crippen LogP) is 2.54. The Balaban J connectivity index is 1.70. The molecular weight excluding hydrogens is 260 g/mol. The number of nitrogens with one attached hydrogen (secondary N) is 1. The van der Waals surface area contributed by atoms with Crippen LogP contribution in [0.15, 0.2) is 4.79 Å². The second-order valence-corrected chi connectivity index (χ2v) is 6.95. The van der Waals surface area contributed by atoms with E-state index in [0.717, 1.165) is 37.3 Å². The zero-order chi connectivity index (χ0) is 13.5. The second-order valence-electron chi connectivity index (χ2n) is 5.97. The van der Waals surface area contributed by atoms with Crippen molar-refractivity contribution in [1.82, 2.24) is 9.88 Å². The quantitative estimate of drug-likeness (QED) is 0.859. The molecule has 0 bridgehead atoms. The fraction of sp³-hybridized carbons (Fsp3) is 0.714. The molecule has 1 spiro atoms. The molecule has 1 saturated carbocycles. The number of nitrogens with zero attached hydrogens (tertiary/aromatic N) is 1. The highest BCUT2D eigenvalue weighted by Gasteiger charge is 2.38. The molecule has 2 aliphatic rings. The largest absolute Gasteiger partial charge is 0.338 e. The molecule has 2 heterocycles. The molecule has 1 aliphatic carbocycles. The SMILES string of the molecule is Cc1[nH]c(=O)sc1C(=O)N1CCC2(CCCC2)CC1. The average Bonchev–Trinajstić information content (AvgIpc) is 2.97. The highest BCUT2D eigenvalue weighted by Crippen LogP contribution is 2.46. The number of piperidine rings is 1. The summed E-state index contributed by atoms with van der Waals surface area (Å²) in [6, 6.07) is 0. The Hall–Kier alpha value is -1.10. The zero-order valence-electron chi connectivity index (χ0n) is 11.3.